The topological polar surface area (TPSA) is 70.6 Å². The molecule has 0 aromatic heterocycles. The molecule has 1 aromatic carbocycles. The minimum atomic E-state index is -0.237. The largest absolute Gasteiger partial charge is 0.494 e. The van der Waals surface area contributed by atoms with E-state index in [1.807, 2.05) is 31.2 Å². The van der Waals surface area contributed by atoms with Gasteiger partial charge in [-0.15, -0.1) is 0 Å². The number of nitrogens with one attached hydrogen (secondary N) is 2. The van der Waals surface area contributed by atoms with Gasteiger partial charge in [-0.25, -0.2) is 4.79 Å². The molecule has 22 heavy (non-hydrogen) atoms. The lowest BCUT2D eigenvalue weighted by atomic mass is 9.86. The van der Waals surface area contributed by atoms with E-state index in [1.165, 1.54) is 0 Å². The Bertz CT molecular complexity index is 506. The van der Waals surface area contributed by atoms with Crippen molar-refractivity contribution in [3.05, 3.63) is 24.3 Å². The summed E-state index contributed by atoms with van der Waals surface area (Å²) in [5, 5.41) is 15.3. The highest BCUT2D eigenvalue weighted by Crippen LogP contribution is 2.37. The van der Waals surface area contributed by atoms with Crippen molar-refractivity contribution in [2.24, 2.45) is 5.41 Å². The predicted molar refractivity (Wildman–Crippen MR) is 87.2 cm³/mol. The molecule has 2 unspecified atom stereocenters. The quantitative estimate of drug-likeness (QED) is 0.756. The Balaban J connectivity index is 1.92. The first-order chi connectivity index (χ1) is 10.6. The molecule has 5 nitrogen and oxygen atoms in total. The Labute approximate surface area is 132 Å². The van der Waals surface area contributed by atoms with Crippen LogP contribution in [0.25, 0.3) is 0 Å². The highest BCUT2D eigenvalue weighted by Gasteiger charge is 2.39. The molecule has 1 aromatic rings. The second kappa shape index (κ2) is 7.49. The molecule has 1 aliphatic carbocycles. The van der Waals surface area contributed by atoms with E-state index in [1.54, 1.807) is 0 Å². The summed E-state index contributed by atoms with van der Waals surface area (Å²) in [7, 11) is 0. The van der Waals surface area contributed by atoms with Crippen molar-refractivity contribution in [3.8, 4) is 5.75 Å². The van der Waals surface area contributed by atoms with Gasteiger partial charge in [-0.3, -0.25) is 0 Å². The molecule has 122 valence electrons. The van der Waals surface area contributed by atoms with Crippen LogP contribution in [0, 0.1) is 5.41 Å². The normalized spacial score (nSPS) is 24.0. The average Bonchev–Trinajstić information content (AvgIpc) is 2.87. The van der Waals surface area contributed by atoms with Crippen molar-refractivity contribution in [2.45, 2.75) is 45.6 Å². The monoisotopic (exact) mass is 306 g/mol. The zero-order valence-electron chi connectivity index (χ0n) is 13.4. The predicted octanol–water partition coefficient (Wildman–Crippen LogP) is 3.15. The van der Waals surface area contributed by atoms with E-state index in [0.717, 1.165) is 31.4 Å². The minimum Gasteiger partial charge on any atom is -0.494 e. The molecular formula is C17H26N2O3. The van der Waals surface area contributed by atoms with Crippen molar-refractivity contribution >= 4 is 11.7 Å². The molecule has 0 spiro atoms. The number of benzene rings is 1. The number of aliphatic hydroxyl groups excluding tert-OH is 1. The molecule has 5 heteroatoms. The lowest BCUT2D eigenvalue weighted by Crippen LogP contribution is -2.46. The summed E-state index contributed by atoms with van der Waals surface area (Å²) in [4.78, 5) is 12.2. The van der Waals surface area contributed by atoms with E-state index in [2.05, 4.69) is 17.6 Å². The van der Waals surface area contributed by atoms with Crippen LogP contribution in [0.1, 0.15) is 39.5 Å². The molecule has 0 radical (unpaired) electrons. The van der Waals surface area contributed by atoms with Crippen molar-refractivity contribution < 1.29 is 14.6 Å². The molecule has 0 bridgehead atoms. The fourth-order valence-corrected chi connectivity index (χ4v) is 2.88. The number of amides is 2. The number of rotatable bonds is 6. The Kier molecular flexibility index (Phi) is 5.66. The zero-order chi connectivity index (χ0) is 16.0. The average molecular weight is 306 g/mol. The maximum Gasteiger partial charge on any atom is 0.319 e. The highest BCUT2D eigenvalue weighted by molar-refractivity contribution is 5.89. The summed E-state index contributed by atoms with van der Waals surface area (Å²) in [5.41, 5.74) is 0.485. The number of ether oxygens (including phenoxy) is 1. The Morgan fingerprint density at radius 2 is 2.32 bits per heavy atom. The van der Waals surface area contributed by atoms with Crippen LogP contribution in [0.4, 0.5) is 10.5 Å². The summed E-state index contributed by atoms with van der Waals surface area (Å²) >= 11 is 0. The van der Waals surface area contributed by atoms with Crippen LogP contribution in [0.15, 0.2) is 24.3 Å². The van der Waals surface area contributed by atoms with Crippen LogP contribution in [0.3, 0.4) is 0 Å². The summed E-state index contributed by atoms with van der Waals surface area (Å²) in [6, 6.07) is 7.15. The van der Waals surface area contributed by atoms with Crippen LogP contribution < -0.4 is 15.4 Å². The number of carbonyl (C=O) groups excluding carboxylic acids is 1. The molecule has 1 fully saturated rings. The van der Waals surface area contributed by atoms with Gasteiger partial charge in [0.05, 0.1) is 13.2 Å². The van der Waals surface area contributed by atoms with E-state index < -0.39 is 0 Å². The molecule has 1 saturated carbocycles. The lowest BCUT2D eigenvalue weighted by molar-refractivity contribution is 0.122. The number of hydrogen-bond donors (Lipinski definition) is 3. The van der Waals surface area contributed by atoms with Crippen LogP contribution in [-0.4, -0.2) is 30.4 Å². The third-order valence-corrected chi connectivity index (χ3v) is 4.31. The van der Waals surface area contributed by atoms with Crippen LogP contribution in [-0.2, 0) is 0 Å². The standard InChI is InChI=1S/C17H26N2O3/c1-3-10-22-14-7-4-6-13(11-14)18-16(21)19-15-8-5-9-17(15,2)12-20/h4,6-7,11,15,20H,3,5,8-10,12H2,1-2H3,(H2,18,19,21). The fourth-order valence-electron chi connectivity index (χ4n) is 2.88. The van der Waals surface area contributed by atoms with Crippen molar-refractivity contribution in [1.82, 2.24) is 5.32 Å². The number of urea groups is 1. The molecule has 3 N–H and O–H groups in total. The van der Waals surface area contributed by atoms with Crippen molar-refractivity contribution in [2.75, 3.05) is 18.5 Å². The first-order valence-electron chi connectivity index (χ1n) is 7.98. The van der Waals surface area contributed by atoms with Crippen LogP contribution in [0.2, 0.25) is 0 Å². The third kappa shape index (κ3) is 4.13. The van der Waals surface area contributed by atoms with E-state index >= 15 is 0 Å². The number of aliphatic hydroxyl groups is 1. The third-order valence-electron chi connectivity index (χ3n) is 4.31. The summed E-state index contributed by atoms with van der Waals surface area (Å²) in [5.74, 6) is 0.751. The minimum absolute atomic E-state index is 0.0111. The first kappa shape index (κ1) is 16.6. The Morgan fingerprint density at radius 1 is 1.50 bits per heavy atom. The van der Waals surface area contributed by atoms with Gasteiger partial charge in [0.25, 0.3) is 0 Å². The smallest absolute Gasteiger partial charge is 0.319 e. The van der Waals surface area contributed by atoms with Gasteiger partial charge in [0, 0.05) is 23.2 Å². The maximum atomic E-state index is 12.2. The van der Waals surface area contributed by atoms with Gasteiger partial charge in [-0.2, -0.15) is 0 Å². The van der Waals surface area contributed by atoms with Gasteiger partial charge in [0.15, 0.2) is 0 Å². The molecule has 1 aliphatic rings. The second-order valence-electron chi connectivity index (χ2n) is 6.23. The lowest BCUT2D eigenvalue weighted by Gasteiger charge is -2.30. The number of hydrogen-bond acceptors (Lipinski definition) is 3. The molecular weight excluding hydrogens is 280 g/mol. The Hall–Kier alpha value is -1.75. The van der Waals surface area contributed by atoms with E-state index in [-0.39, 0.29) is 24.1 Å². The fraction of sp³-hybridized carbons (Fsp3) is 0.588. The molecule has 0 heterocycles. The van der Waals surface area contributed by atoms with Gasteiger partial charge in [-0.1, -0.05) is 26.3 Å². The molecule has 0 aliphatic heterocycles. The number of anilines is 1. The van der Waals surface area contributed by atoms with E-state index in [0.29, 0.717) is 12.3 Å². The van der Waals surface area contributed by atoms with Crippen LogP contribution >= 0.6 is 0 Å². The first-order valence-corrected chi connectivity index (χ1v) is 7.98. The van der Waals surface area contributed by atoms with Crippen molar-refractivity contribution in [3.63, 3.8) is 0 Å². The zero-order valence-corrected chi connectivity index (χ0v) is 13.4. The van der Waals surface area contributed by atoms with Crippen LogP contribution in [0.5, 0.6) is 5.75 Å². The Morgan fingerprint density at radius 3 is 3.05 bits per heavy atom. The molecule has 2 amide bonds. The van der Waals surface area contributed by atoms with Crippen molar-refractivity contribution in [1.29, 1.82) is 0 Å². The molecule has 2 rings (SSSR count). The van der Waals surface area contributed by atoms with Gasteiger partial charge >= 0.3 is 6.03 Å². The van der Waals surface area contributed by atoms with E-state index in [4.69, 9.17) is 4.74 Å². The molecule has 2 atom stereocenters. The highest BCUT2D eigenvalue weighted by atomic mass is 16.5. The maximum absolute atomic E-state index is 12.2. The van der Waals surface area contributed by atoms with Gasteiger partial charge in [-0.05, 0) is 31.4 Å². The van der Waals surface area contributed by atoms with E-state index in [9.17, 15) is 9.90 Å². The van der Waals surface area contributed by atoms with Gasteiger partial charge < -0.3 is 20.5 Å². The summed E-state index contributed by atoms with van der Waals surface area (Å²) in [6.07, 6.45) is 3.82. The van der Waals surface area contributed by atoms with Gasteiger partial charge in [0.2, 0.25) is 0 Å². The number of carbonyl (C=O) groups is 1. The summed E-state index contributed by atoms with van der Waals surface area (Å²) < 4.78 is 5.56. The molecule has 0 saturated heterocycles. The second-order valence-corrected chi connectivity index (χ2v) is 6.23. The summed E-state index contributed by atoms with van der Waals surface area (Å²) in [6.45, 7) is 4.82. The van der Waals surface area contributed by atoms with Gasteiger partial charge in [0.1, 0.15) is 5.75 Å². The SMILES string of the molecule is CCCOc1cccc(NC(=O)NC2CCCC2(C)CO)c1.